The molecule has 0 aromatic heterocycles. The molecule has 2 aliphatic heterocycles. The van der Waals surface area contributed by atoms with E-state index in [9.17, 15) is 22.8 Å². The number of carbonyl (C=O) groups excluding carboxylic acids is 1. The summed E-state index contributed by atoms with van der Waals surface area (Å²) >= 11 is 0. The lowest BCUT2D eigenvalue weighted by Crippen LogP contribution is -2.58. The number of hydrogen-bond donors (Lipinski definition) is 2. The zero-order valence-corrected chi connectivity index (χ0v) is 22.8. The highest BCUT2D eigenvalue weighted by atomic mass is 19.2. The molecule has 13 heteroatoms. The summed E-state index contributed by atoms with van der Waals surface area (Å²) in [5.74, 6) is -3.28. The van der Waals surface area contributed by atoms with Gasteiger partial charge < -0.3 is 34.1 Å². The lowest BCUT2D eigenvalue weighted by atomic mass is 9.81. The number of nitrogens with one attached hydrogen (secondary N) is 1. The molecule has 3 rings (SSSR count). The van der Waals surface area contributed by atoms with Gasteiger partial charge in [0.1, 0.15) is 11.9 Å². The Morgan fingerprint density at radius 2 is 1.74 bits per heavy atom. The molecule has 2 aliphatic rings. The summed E-state index contributed by atoms with van der Waals surface area (Å²) < 4.78 is 65.8. The molecule has 2 saturated heterocycles. The highest BCUT2D eigenvalue weighted by molar-refractivity contribution is 6.51. The maximum absolute atomic E-state index is 14.6. The van der Waals surface area contributed by atoms with Gasteiger partial charge in [0.25, 0.3) is 0 Å². The van der Waals surface area contributed by atoms with E-state index in [4.69, 9.17) is 23.9 Å². The normalized spacial score (nSPS) is 24.5. The highest BCUT2D eigenvalue weighted by Crippen LogP contribution is 2.38. The molecule has 2 N–H and O–H groups in total. The molecule has 0 spiro atoms. The third kappa shape index (κ3) is 7.33. The minimum Gasteiger partial charge on any atom is -0.465 e. The molecule has 2 heterocycles. The maximum Gasteiger partial charge on any atom is 0.486 e. The summed E-state index contributed by atoms with van der Waals surface area (Å²) in [6, 6.07) is -0.491. The van der Waals surface area contributed by atoms with Crippen molar-refractivity contribution in [3.63, 3.8) is 0 Å². The lowest BCUT2D eigenvalue weighted by molar-refractivity contribution is -0.140. The number of halogens is 3. The Hall–Kier alpha value is -2.61. The van der Waals surface area contributed by atoms with E-state index >= 15 is 0 Å². The number of amides is 2. The smallest absolute Gasteiger partial charge is 0.465 e. The molecule has 216 valence electrons. The van der Waals surface area contributed by atoms with Crippen molar-refractivity contribution in [1.82, 2.24) is 10.2 Å². The molecule has 0 saturated carbocycles. The van der Waals surface area contributed by atoms with Crippen molar-refractivity contribution in [2.45, 2.75) is 70.2 Å². The molecule has 3 unspecified atom stereocenters. The lowest BCUT2D eigenvalue weighted by Gasteiger charge is -2.43. The second-order valence-corrected chi connectivity index (χ2v) is 10.6. The molecule has 3 atom stereocenters. The number of piperidine rings is 1. The molecule has 1 aromatic rings. The van der Waals surface area contributed by atoms with Gasteiger partial charge in [-0.15, -0.1) is 0 Å². The summed E-state index contributed by atoms with van der Waals surface area (Å²) in [5.41, 5.74) is -1.36. The monoisotopic (exact) mass is 556 g/mol. The minimum atomic E-state index is -1.46. The molecule has 0 radical (unpaired) electrons. The molecule has 0 aliphatic carbocycles. The number of ether oxygens (including phenoxy) is 2. The van der Waals surface area contributed by atoms with Crippen molar-refractivity contribution in [3.05, 3.63) is 47.2 Å². The van der Waals surface area contributed by atoms with Crippen LogP contribution in [0.5, 0.6) is 0 Å². The quantitative estimate of drug-likeness (QED) is 0.244. The van der Waals surface area contributed by atoms with E-state index in [0.717, 1.165) is 6.07 Å². The van der Waals surface area contributed by atoms with Crippen molar-refractivity contribution in [2.75, 3.05) is 33.0 Å². The van der Waals surface area contributed by atoms with Crippen LogP contribution in [0.15, 0.2) is 24.2 Å². The van der Waals surface area contributed by atoms with Crippen molar-refractivity contribution >= 4 is 19.1 Å². The Morgan fingerprint density at radius 3 is 2.38 bits per heavy atom. The molecule has 0 bridgehead atoms. The largest absolute Gasteiger partial charge is 0.486 e. The van der Waals surface area contributed by atoms with E-state index in [-0.39, 0.29) is 32.8 Å². The van der Waals surface area contributed by atoms with Crippen LogP contribution in [-0.4, -0.2) is 85.4 Å². The second-order valence-electron chi connectivity index (χ2n) is 10.6. The van der Waals surface area contributed by atoms with Crippen molar-refractivity contribution in [2.24, 2.45) is 0 Å². The van der Waals surface area contributed by atoms with Gasteiger partial charge in [-0.2, -0.15) is 0 Å². The van der Waals surface area contributed by atoms with Gasteiger partial charge in [0.15, 0.2) is 11.6 Å². The van der Waals surface area contributed by atoms with Crippen LogP contribution in [0.2, 0.25) is 0 Å². The third-order valence-corrected chi connectivity index (χ3v) is 7.52. The first-order valence-electron chi connectivity index (χ1n) is 12.9. The molecular formula is C26H36BF3N2O7. The van der Waals surface area contributed by atoms with Crippen molar-refractivity contribution in [3.8, 4) is 0 Å². The van der Waals surface area contributed by atoms with Crippen LogP contribution in [0.4, 0.5) is 18.0 Å². The van der Waals surface area contributed by atoms with E-state index < -0.39 is 71.3 Å². The van der Waals surface area contributed by atoms with Gasteiger partial charge in [0.2, 0.25) is 5.91 Å². The van der Waals surface area contributed by atoms with Crippen LogP contribution >= 0.6 is 0 Å². The fourth-order valence-electron chi connectivity index (χ4n) is 4.66. The van der Waals surface area contributed by atoms with Gasteiger partial charge in [-0.05, 0) is 53.2 Å². The van der Waals surface area contributed by atoms with Gasteiger partial charge in [-0.25, -0.2) is 18.0 Å². The Bertz CT molecular complexity index is 1060. The van der Waals surface area contributed by atoms with E-state index in [1.165, 1.54) is 4.90 Å². The Labute approximate surface area is 226 Å². The molecule has 9 nitrogen and oxygen atoms in total. The highest BCUT2D eigenvalue weighted by Gasteiger charge is 2.50. The first-order valence-corrected chi connectivity index (χ1v) is 12.9. The summed E-state index contributed by atoms with van der Waals surface area (Å²) in [4.78, 5) is 25.5. The number of carbonyl (C=O) groups is 2. The summed E-state index contributed by atoms with van der Waals surface area (Å²) in [7, 11) is -0.462. The average Bonchev–Trinajstić information content (AvgIpc) is 3.05. The maximum atomic E-state index is 14.6. The number of hydrogen-bond acceptors (Lipinski definition) is 6. The van der Waals surface area contributed by atoms with E-state index in [1.54, 1.807) is 19.0 Å². The van der Waals surface area contributed by atoms with Crippen LogP contribution < -0.4 is 5.32 Å². The zero-order valence-electron chi connectivity index (χ0n) is 22.8. The standard InChI is InChI=1S/C26H36BF3N2O7/c1-16-17(21-18(28)7-8-19(29)22(21)30)15-20(31-24(34)35)23(33)32(16)10-12-37-14-13-36-11-6-9-27-38-25(2,3)26(4,5)39-27/h6-9,16-17,20,31H,10-15H2,1-5H3,(H,34,35)/b9-6+. The number of likely N-dealkylation sites (tertiary alicyclic amines) is 1. The number of benzene rings is 1. The molecule has 1 aromatic carbocycles. The predicted octanol–water partition coefficient (Wildman–Crippen LogP) is 3.67. The van der Waals surface area contributed by atoms with Gasteiger partial charge in [-0.3, -0.25) is 4.79 Å². The SMILES string of the molecule is CC1C(c2c(F)ccc(F)c2F)CC(NC(=O)O)C(=O)N1CCOCCOC/C=C/B1OC(C)(C)C(C)(C)O1. The van der Waals surface area contributed by atoms with Crippen LogP contribution in [0.25, 0.3) is 0 Å². The number of carboxylic acid groups (broad SMARTS) is 1. The summed E-state index contributed by atoms with van der Waals surface area (Å²) in [6.07, 6.45) is 0.118. The Morgan fingerprint density at radius 1 is 1.13 bits per heavy atom. The number of nitrogens with zero attached hydrogens (tertiary/aromatic N) is 1. The van der Waals surface area contributed by atoms with Gasteiger partial charge in [-0.1, -0.05) is 12.1 Å². The first kappa shape index (κ1) is 30.9. The predicted molar refractivity (Wildman–Crippen MR) is 137 cm³/mol. The number of rotatable bonds is 11. The van der Waals surface area contributed by atoms with E-state index in [2.05, 4.69) is 5.32 Å². The van der Waals surface area contributed by atoms with Gasteiger partial charge >= 0.3 is 13.2 Å². The Kier molecular flexibility index (Phi) is 10.1. The Balaban J connectivity index is 1.49. The van der Waals surface area contributed by atoms with Crippen LogP contribution in [0.1, 0.15) is 52.5 Å². The van der Waals surface area contributed by atoms with Crippen LogP contribution in [-0.2, 0) is 23.6 Å². The van der Waals surface area contributed by atoms with Gasteiger partial charge in [0.05, 0.1) is 37.6 Å². The molecule has 2 amide bonds. The topological polar surface area (TPSA) is 107 Å². The van der Waals surface area contributed by atoms with E-state index in [0.29, 0.717) is 12.7 Å². The van der Waals surface area contributed by atoms with Crippen LogP contribution in [0.3, 0.4) is 0 Å². The molecular weight excluding hydrogens is 520 g/mol. The molecule has 39 heavy (non-hydrogen) atoms. The zero-order chi connectivity index (χ0) is 29.0. The van der Waals surface area contributed by atoms with E-state index in [1.807, 2.05) is 27.7 Å². The van der Waals surface area contributed by atoms with Crippen molar-refractivity contribution < 1.29 is 46.6 Å². The molecule has 2 fully saturated rings. The van der Waals surface area contributed by atoms with Crippen molar-refractivity contribution in [1.29, 1.82) is 0 Å². The summed E-state index contributed by atoms with van der Waals surface area (Å²) in [6.45, 7) is 10.3. The minimum absolute atomic E-state index is 0.0364. The third-order valence-electron chi connectivity index (χ3n) is 7.52. The average molecular weight is 556 g/mol. The second kappa shape index (κ2) is 12.7. The fourth-order valence-corrected chi connectivity index (χ4v) is 4.66. The van der Waals surface area contributed by atoms with Crippen LogP contribution in [0, 0.1) is 17.5 Å². The summed E-state index contributed by atoms with van der Waals surface area (Å²) in [5, 5.41) is 11.2. The first-order chi connectivity index (χ1) is 18.2. The fraction of sp³-hybridized carbons (Fsp3) is 0.615. The van der Waals surface area contributed by atoms with Gasteiger partial charge in [0, 0.05) is 24.1 Å².